The van der Waals surface area contributed by atoms with Crippen molar-refractivity contribution in [1.82, 2.24) is 15.2 Å². The number of phenolic OH excluding ortho intramolecular Hbond substituents is 1. The first kappa shape index (κ1) is 22.4. The largest absolute Gasteiger partial charge is 0.504 e. The van der Waals surface area contributed by atoms with E-state index in [1.807, 2.05) is 12.1 Å². The molecule has 38 heavy (non-hydrogen) atoms. The lowest BCUT2D eigenvalue weighted by molar-refractivity contribution is -0.191. The third kappa shape index (κ3) is 2.73. The Morgan fingerprint density at radius 3 is 2.92 bits per heavy atom. The van der Waals surface area contributed by atoms with Crippen LogP contribution in [0.3, 0.4) is 0 Å². The van der Waals surface area contributed by atoms with Gasteiger partial charge in [-0.2, -0.15) is 5.26 Å². The molecule has 1 spiro atoms. The first-order chi connectivity index (χ1) is 18.4. The molecule has 1 aromatic heterocycles. The van der Waals surface area contributed by atoms with Gasteiger partial charge in [-0.15, -0.1) is 0 Å². The van der Waals surface area contributed by atoms with Gasteiger partial charge in [0.05, 0.1) is 33.7 Å². The molecule has 8 heteroatoms. The second-order valence-electron chi connectivity index (χ2n) is 12.0. The number of carbonyl (C=O) groups is 1. The number of hydrogen-bond acceptors (Lipinski definition) is 6. The standard InChI is InChI=1S/C30H30N4O4/c31-13-18-14-32-25-19(18)2-1-3-20(25)28(36)33-21-8-9-30(37)23-12-17-6-7-22(35)26-24(17)29(30,27(21)38-26)10-11-34(23)15-16-4-5-16/h1-3,6-7,14,16,21,23,27,32,35,37H,4-5,8-12,15H2,(H,33,36)/t21-,23-,27+,29+,30-/m1/s1. The monoisotopic (exact) mass is 510 g/mol. The van der Waals surface area contributed by atoms with Crippen LogP contribution in [0.25, 0.3) is 10.9 Å². The van der Waals surface area contributed by atoms with Gasteiger partial charge in [0.25, 0.3) is 5.91 Å². The maximum absolute atomic E-state index is 13.7. The third-order valence-electron chi connectivity index (χ3n) is 10.2. The van der Waals surface area contributed by atoms with E-state index in [-0.39, 0.29) is 23.7 Å². The number of para-hydroxylation sites is 1. The summed E-state index contributed by atoms with van der Waals surface area (Å²) in [6.07, 6.45) is 6.30. The van der Waals surface area contributed by atoms with Crippen molar-refractivity contribution in [3.05, 3.63) is 58.8 Å². The van der Waals surface area contributed by atoms with Crippen LogP contribution in [0.5, 0.6) is 11.5 Å². The molecule has 0 radical (unpaired) electrons. The van der Waals surface area contributed by atoms with Gasteiger partial charge in [0.15, 0.2) is 11.5 Å². The SMILES string of the molecule is N#Cc1c[nH]c2c(C(=O)N[C@@H]3CC[C@@]4(O)[C@H]5Cc6ccc(O)c7c6[C@@]4(CCN5CC4CC4)[C@H]3O7)cccc12. The summed E-state index contributed by atoms with van der Waals surface area (Å²) in [7, 11) is 0. The van der Waals surface area contributed by atoms with Crippen LogP contribution in [-0.2, 0) is 11.8 Å². The van der Waals surface area contributed by atoms with Gasteiger partial charge in [0.1, 0.15) is 12.2 Å². The zero-order valence-corrected chi connectivity index (χ0v) is 21.0. The van der Waals surface area contributed by atoms with Gasteiger partial charge in [-0.25, -0.2) is 0 Å². The molecule has 4 N–H and O–H groups in total. The predicted molar refractivity (Wildman–Crippen MR) is 139 cm³/mol. The number of hydrogen-bond donors (Lipinski definition) is 4. The van der Waals surface area contributed by atoms with Crippen molar-refractivity contribution in [2.75, 3.05) is 13.1 Å². The van der Waals surface area contributed by atoms with Crippen LogP contribution in [0.1, 0.15) is 59.2 Å². The number of benzene rings is 2. The van der Waals surface area contributed by atoms with Crippen molar-refractivity contribution >= 4 is 16.8 Å². The molecule has 2 bridgehead atoms. The van der Waals surface area contributed by atoms with Gasteiger partial charge in [0, 0.05) is 29.7 Å². The molecule has 1 amide bonds. The topological polar surface area (TPSA) is 122 Å². The van der Waals surface area contributed by atoms with E-state index < -0.39 is 17.1 Å². The van der Waals surface area contributed by atoms with Crippen LogP contribution in [0.4, 0.5) is 0 Å². The van der Waals surface area contributed by atoms with E-state index in [0.717, 1.165) is 43.0 Å². The maximum atomic E-state index is 13.7. The van der Waals surface area contributed by atoms with Crippen molar-refractivity contribution in [1.29, 1.82) is 5.26 Å². The number of aromatic nitrogens is 1. The number of piperidine rings is 1. The molecule has 3 heterocycles. The zero-order valence-electron chi connectivity index (χ0n) is 21.0. The molecule has 8 rings (SSSR count). The van der Waals surface area contributed by atoms with E-state index >= 15 is 0 Å². The van der Waals surface area contributed by atoms with Crippen LogP contribution >= 0.6 is 0 Å². The first-order valence-electron chi connectivity index (χ1n) is 13.7. The molecule has 2 aromatic carbocycles. The van der Waals surface area contributed by atoms with Crippen molar-refractivity contribution in [2.24, 2.45) is 5.92 Å². The lowest BCUT2D eigenvalue weighted by Gasteiger charge is -2.64. The number of nitriles is 1. The number of H-pyrrole nitrogens is 1. The number of aromatic amines is 1. The Morgan fingerprint density at radius 1 is 1.24 bits per heavy atom. The average molecular weight is 511 g/mol. The van der Waals surface area contributed by atoms with E-state index in [0.29, 0.717) is 40.6 Å². The van der Waals surface area contributed by atoms with Gasteiger partial charge in [-0.3, -0.25) is 9.69 Å². The number of likely N-dealkylation sites (tertiary alicyclic amines) is 1. The van der Waals surface area contributed by atoms with E-state index in [1.54, 1.807) is 24.4 Å². The molecule has 3 fully saturated rings. The fourth-order valence-electron chi connectivity index (χ4n) is 8.31. The molecule has 3 aromatic rings. The Hall–Kier alpha value is -3.54. The summed E-state index contributed by atoms with van der Waals surface area (Å²) in [5, 5.41) is 36.8. The summed E-state index contributed by atoms with van der Waals surface area (Å²) in [5.41, 5.74) is 2.04. The Kier molecular flexibility index (Phi) is 4.44. The highest BCUT2D eigenvalue weighted by Crippen LogP contribution is 2.65. The van der Waals surface area contributed by atoms with Crippen molar-refractivity contribution in [3.63, 3.8) is 0 Å². The quantitative estimate of drug-likeness (QED) is 0.428. The summed E-state index contributed by atoms with van der Waals surface area (Å²) in [5.74, 6) is 1.06. The van der Waals surface area contributed by atoms with E-state index in [2.05, 4.69) is 21.3 Å². The van der Waals surface area contributed by atoms with Crippen molar-refractivity contribution in [2.45, 2.75) is 67.7 Å². The molecular formula is C30H30N4O4. The molecule has 2 saturated carbocycles. The van der Waals surface area contributed by atoms with Crippen LogP contribution < -0.4 is 10.1 Å². The number of nitrogens with zero attached hydrogens (tertiary/aromatic N) is 2. The lowest BCUT2D eigenvalue weighted by atomic mass is 9.48. The normalized spacial score (nSPS) is 32.9. The van der Waals surface area contributed by atoms with Crippen molar-refractivity contribution in [3.8, 4) is 17.6 Å². The third-order valence-corrected chi connectivity index (χ3v) is 10.2. The van der Waals surface area contributed by atoms with Crippen LogP contribution in [0.15, 0.2) is 36.5 Å². The number of nitrogens with one attached hydrogen (secondary N) is 2. The number of carbonyl (C=O) groups excluding carboxylic acids is 1. The Bertz CT molecular complexity index is 1550. The van der Waals surface area contributed by atoms with Crippen LogP contribution in [-0.4, -0.2) is 62.9 Å². The maximum Gasteiger partial charge on any atom is 0.253 e. The van der Waals surface area contributed by atoms with Crippen LogP contribution in [0, 0.1) is 17.2 Å². The minimum absolute atomic E-state index is 0.000311. The highest BCUT2D eigenvalue weighted by Gasteiger charge is 2.73. The lowest BCUT2D eigenvalue weighted by Crippen LogP contribution is -2.78. The molecule has 5 aliphatic rings. The number of aliphatic hydroxyl groups is 1. The summed E-state index contributed by atoms with van der Waals surface area (Å²) in [4.78, 5) is 19.3. The van der Waals surface area contributed by atoms with E-state index in [9.17, 15) is 20.3 Å². The highest BCUT2D eigenvalue weighted by molar-refractivity contribution is 6.07. The number of rotatable bonds is 4. The number of fused-ring (bicyclic) bond motifs is 1. The fraction of sp³-hybridized carbons (Fsp3) is 0.467. The van der Waals surface area contributed by atoms with E-state index in [1.165, 1.54) is 12.8 Å². The summed E-state index contributed by atoms with van der Waals surface area (Å²) < 4.78 is 6.57. The Morgan fingerprint density at radius 2 is 2.11 bits per heavy atom. The zero-order chi connectivity index (χ0) is 25.8. The number of amides is 1. The molecule has 1 saturated heterocycles. The Labute approximate surface area is 220 Å². The van der Waals surface area contributed by atoms with Gasteiger partial charge in [-0.1, -0.05) is 18.2 Å². The number of phenols is 1. The summed E-state index contributed by atoms with van der Waals surface area (Å²) in [6, 6.07) is 10.9. The minimum Gasteiger partial charge on any atom is -0.504 e. The van der Waals surface area contributed by atoms with E-state index in [4.69, 9.17) is 4.74 Å². The predicted octanol–water partition coefficient (Wildman–Crippen LogP) is 3.11. The second kappa shape index (κ2) is 7.52. The molecule has 0 unspecified atom stereocenters. The van der Waals surface area contributed by atoms with Gasteiger partial charge in [-0.05, 0) is 68.7 Å². The fourth-order valence-corrected chi connectivity index (χ4v) is 8.31. The number of ether oxygens (including phenoxy) is 1. The molecule has 3 aliphatic carbocycles. The molecular weight excluding hydrogens is 480 g/mol. The summed E-state index contributed by atoms with van der Waals surface area (Å²) >= 11 is 0. The average Bonchev–Trinajstić information content (AvgIpc) is 3.51. The molecule has 5 atom stereocenters. The highest BCUT2D eigenvalue weighted by atomic mass is 16.5. The first-order valence-corrected chi connectivity index (χ1v) is 13.7. The number of aromatic hydroxyl groups is 1. The Balaban J connectivity index is 1.19. The van der Waals surface area contributed by atoms with Gasteiger partial charge >= 0.3 is 0 Å². The second-order valence-corrected chi connectivity index (χ2v) is 12.0. The van der Waals surface area contributed by atoms with Crippen LogP contribution in [0.2, 0.25) is 0 Å². The molecule has 8 nitrogen and oxygen atoms in total. The van der Waals surface area contributed by atoms with Crippen molar-refractivity contribution < 1.29 is 19.7 Å². The molecule has 194 valence electrons. The summed E-state index contributed by atoms with van der Waals surface area (Å²) in [6.45, 7) is 1.90. The smallest absolute Gasteiger partial charge is 0.253 e. The van der Waals surface area contributed by atoms with Gasteiger partial charge < -0.3 is 25.3 Å². The van der Waals surface area contributed by atoms with Gasteiger partial charge in [0.2, 0.25) is 0 Å². The molecule has 2 aliphatic heterocycles. The minimum atomic E-state index is -0.987.